The molecule has 0 saturated heterocycles. The van der Waals surface area contributed by atoms with Crippen molar-refractivity contribution in [3.05, 3.63) is 53.4 Å². The molecule has 0 radical (unpaired) electrons. The van der Waals surface area contributed by atoms with Crippen LogP contribution in [0.3, 0.4) is 0 Å². The van der Waals surface area contributed by atoms with Crippen molar-refractivity contribution in [2.45, 2.75) is 36.8 Å². The highest BCUT2D eigenvalue weighted by atomic mass is 19.3. The Bertz CT molecular complexity index is 1100. The maximum atomic E-state index is 14.8. The number of hydrogen-bond acceptors (Lipinski definition) is 6. The zero-order valence-electron chi connectivity index (χ0n) is 16.7. The average Bonchev–Trinajstić information content (AvgIpc) is 3.08. The molecule has 1 aliphatic heterocycles. The first-order valence-corrected chi connectivity index (χ1v) is 9.72. The maximum absolute atomic E-state index is 14.8. The number of amidine groups is 1. The number of alkyl halides is 5. The number of carbonyl (C=O) groups is 1. The molecule has 176 valence electrons. The summed E-state index contributed by atoms with van der Waals surface area (Å²) in [7, 11) is 0. The topological polar surface area (TPSA) is 102 Å². The highest BCUT2D eigenvalue weighted by molar-refractivity contribution is 6.02. The molecule has 3 N–H and O–H groups in total. The lowest BCUT2D eigenvalue weighted by molar-refractivity contribution is -0.00299. The number of nitrogens with one attached hydrogen (secondary N) is 1. The quantitative estimate of drug-likeness (QED) is 0.645. The number of carbonyl (C=O) groups excluding carboxylic acids is 1. The zero-order chi connectivity index (χ0) is 24.0. The van der Waals surface area contributed by atoms with Crippen LogP contribution < -0.4 is 11.1 Å². The summed E-state index contributed by atoms with van der Waals surface area (Å²) in [6, 6.07) is 2.58. The van der Waals surface area contributed by atoms with Gasteiger partial charge >= 0.3 is 0 Å². The summed E-state index contributed by atoms with van der Waals surface area (Å²) in [5.41, 5.74) is 2.15. The van der Waals surface area contributed by atoms with Crippen LogP contribution >= 0.6 is 0 Å². The van der Waals surface area contributed by atoms with E-state index in [2.05, 4.69) is 20.3 Å². The molecule has 1 fully saturated rings. The number of hydrogen-bond donors (Lipinski definition) is 2. The number of nitrogens with zero attached hydrogens (tertiary/aromatic N) is 3. The number of anilines is 1. The van der Waals surface area contributed by atoms with E-state index in [9.17, 15) is 31.1 Å². The monoisotopic (exact) mass is 473 g/mol. The molecular formula is C20H17F6N5O2. The Morgan fingerprint density at radius 2 is 2.00 bits per heavy atom. The van der Waals surface area contributed by atoms with E-state index >= 15 is 0 Å². The van der Waals surface area contributed by atoms with Gasteiger partial charge in [-0.15, -0.1) is 0 Å². The SMILES string of the molecule is NC1=NC(CF)(c2cc(NC(=O)c3cnc(C(F)F)cn3)ccc2F)C2CC(F)(F)CC2O1. The minimum absolute atomic E-state index is 0.0365. The second-order valence-corrected chi connectivity index (χ2v) is 7.81. The molecule has 0 bridgehead atoms. The number of benzene rings is 1. The molecular weight excluding hydrogens is 456 g/mol. The molecule has 1 amide bonds. The summed E-state index contributed by atoms with van der Waals surface area (Å²) < 4.78 is 87.8. The number of amides is 1. The fraction of sp³-hybridized carbons (Fsp3) is 0.400. The van der Waals surface area contributed by atoms with Crippen molar-refractivity contribution >= 4 is 17.6 Å². The van der Waals surface area contributed by atoms with Crippen LogP contribution in [-0.4, -0.2) is 40.6 Å². The van der Waals surface area contributed by atoms with Gasteiger partial charge in [0.1, 0.15) is 35.5 Å². The van der Waals surface area contributed by atoms with Crippen molar-refractivity contribution in [2.75, 3.05) is 12.0 Å². The third kappa shape index (κ3) is 4.18. The Morgan fingerprint density at radius 3 is 2.64 bits per heavy atom. The smallest absolute Gasteiger partial charge is 0.283 e. The molecule has 4 rings (SSSR count). The van der Waals surface area contributed by atoms with E-state index in [0.717, 1.165) is 30.6 Å². The van der Waals surface area contributed by atoms with E-state index < -0.39 is 72.9 Å². The first-order valence-electron chi connectivity index (χ1n) is 9.72. The predicted molar refractivity (Wildman–Crippen MR) is 103 cm³/mol. The van der Waals surface area contributed by atoms with Gasteiger partial charge in [-0.1, -0.05) is 0 Å². The summed E-state index contributed by atoms with van der Waals surface area (Å²) >= 11 is 0. The van der Waals surface area contributed by atoms with E-state index in [-0.39, 0.29) is 16.9 Å². The second-order valence-electron chi connectivity index (χ2n) is 7.81. The number of fused-ring (bicyclic) bond motifs is 1. The highest BCUT2D eigenvalue weighted by Crippen LogP contribution is 2.53. The van der Waals surface area contributed by atoms with E-state index in [1.165, 1.54) is 0 Å². The summed E-state index contributed by atoms with van der Waals surface area (Å²) in [6.07, 6.45) is -3.99. The Hall–Kier alpha value is -3.38. The summed E-state index contributed by atoms with van der Waals surface area (Å²) in [5, 5.41) is 2.36. The number of nitrogens with two attached hydrogens (primary N) is 1. The Morgan fingerprint density at radius 1 is 1.24 bits per heavy atom. The zero-order valence-corrected chi connectivity index (χ0v) is 16.7. The first-order chi connectivity index (χ1) is 15.5. The standard InChI is InChI=1S/C20H17F6N5O2/c21-8-20(11-4-19(25,26)5-15(11)33-18(27)31-20)10-3-9(1-2-12(10)22)30-17(32)14-7-28-13(6-29-14)16(23)24/h1-3,6-7,11,15-16H,4-5,8H2,(H2,27,31)(H,30,32). The lowest BCUT2D eigenvalue weighted by Gasteiger charge is -2.40. The molecule has 1 saturated carbocycles. The van der Waals surface area contributed by atoms with E-state index in [1.807, 2.05) is 0 Å². The lowest BCUT2D eigenvalue weighted by atomic mass is 9.76. The van der Waals surface area contributed by atoms with Gasteiger partial charge in [-0.25, -0.2) is 36.3 Å². The molecule has 3 atom stereocenters. The van der Waals surface area contributed by atoms with Crippen molar-refractivity contribution in [3.8, 4) is 0 Å². The van der Waals surface area contributed by atoms with Crippen molar-refractivity contribution in [1.82, 2.24) is 9.97 Å². The molecule has 7 nitrogen and oxygen atoms in total. The van der Waals surface area contributed by atoms with Crippen LogP contribution in [0.5, 0.6) is 0 Å². The van der Waals surface area contributed by atoms with E-state index in [4.69, 9.17) is 10.5 Å². The van der Waals surface area contributed by atoms with Crippen LogP contribution in [0, 0.1) is 11.7 Å². The molecule has 1 aromatic carbocycles. The Balaban J connectivity index is 1.67. The van der Waals surface area contributed by atoms with Crippen LogP contribution in [0.25, 0.3) is 0 Å². The van der Waals surface area contributed by atoms with Gasteiger partial charge in [0.15, 0.2) is 0 Å². The molecule has 33 heavy (non-hydrogen) atoms. The molecule has 3 unspecified atom stereocenters. The van der Waals surface area contributed by atoms with Crippen LogP contribution in [0.2, 0.25) is 0 Å². The number of aromatic nitrogens is 2. The Kier molecular flexibility index (Phi) is 5.66. The lowest BCUT2D eigenvalue weighted by Crippen LogP contribution is -2.48. The molecule has 13 heteroatoms. The third-order valence-electron chi connectivity index (χ3n) is 5.68. The van der Waals surface area contributed by atoms with Gasteiger partial charge in [0.05, 0.1) is 12.4 Å². The molecule has 2 aliphatic rings. The van der Waals surface area contributed by atoms with Crippen molar-refractivity contribution in [3.63, 3.8) is 0 Å². The van der Waals surface area contributed by atoms with Crippen molar-refractivity contribution in [1.29, 1.82) is 0 Å². The van der Waals surface area contributed by atoms with Gasteiger partial charge in [0.2, 0.25) is 0 Å². The number of aliphatic imine (C=N–C) groups is 1. The normalized spacial score (nSPS) is 25.8. The molecule has 1 aliphatic carbocycles. The number of halogens is 6. The average molecular weight is 473 g/mol. The summed E-state index contributed by atoms with van der Waals surface area (Å²) in [6.45, 7) is -1.34. The van der Waals surface area contributed by atoms with Crippen molar-refractivity contribution < 1.29 is 35.9 Å². The third-order valence-corrected chi connectivity index (χ3v) is 5.68. The first kappa shape index (κ1) is 22.8. The second kappa shape index (κ2) is 8.19. The van der Waals surface area contributed by atoms with Crippen LogP contribution in [-0.2, 0) is 10.3 Å². The minimum Gasteiger partial charge on any atom is -0.461 e. The summed E-state index contributed by atoms with van der Waals surface area (Å²) in [5.74, 6) is -6.20. The summed E-state index contributed by atoms with van der Waals surface area (Å²) in [4.78, 5) is 23.3. The van der Waals surface area contributed by atoms with E-state index in [1.54, 1.807) is 0 Å². The highest BCUT2D eigenvalue weighted by Gasteiger charge is 2.60. The van der Waals surface area contributed by atoms with E-state index in [0.29, 0.717) is 0 Å². The predicted octanol–water partition coefficient (Wildman–Crippen LogP) is 3.73. The molecule has 2 aromatic rings. The number of rotatable bonds is 5. The maximum Gasteiger partial charge on any atom is 0.283 e. The van der Waals surface area contributed by atoms with Gasteiger partial charge in [-0.3, -0.25) is 9.78 Å². The van der Waals surface area contributed by atoms with Gasteiger partial charge in [0, 0.05) is 30.0 Å². The number of ether oxygens (including phenoxy) is 1. The molecule has 1 aromatic heterocycles. The van der Waals surface area contributed by atoms with Gasteiger partial charge in [0.25, 0.3) is 24.3 Å². The van der Waals surface area contributed by atoms with Crippen molar-refractivity contribution in [2.24, 2.45) is 16.6 Å². The molecule has 2 heterocycles. The largest absolute Gasteiger partial charge is 0.461 e. The van der Waals surface area contributed by atoms with Crippen LogP contribution in [0.15, 0.2) is 35.6 Å². The van der Waals surface area contributed by atoms with Gasteiger partial charge in [-0.2, -0.15) is 0 Å². The fourth-order valence-electron chi connectivity index (χ4n) is 4.19. The van der Waals surface area contributed by atoms with Crippen LogP contribution in [0.1, 0.15) is 41.0 Å². The minimum atomic E-state index is -3.18. The van der Waals surface area contributed by atoms with Gasteiger partial charge in [-0.05, 0) is 18.2 Å². The Labute approximate surface area is 183 Å². The van der Waals surface area contributed by atoms with Gasteiger partial charge < -0.3 is 15.8 Å². The van der Waals surface area contributed by atoms with Crippen LogP contribution in [0.4, 0.5) is 32.0 Å². The fourth-order valence-corrected chi connectivity index (χ4v) is 4.19. The molecule has 0 spiro atoms.